The lowest BCUT2D eigenvalue weighted by atomic mass is 9.94. The first-order valence-corrected chi connectivity index (χ1v) is 4.11. The minimum Gasteiger partial charge on any atom is -0.469 e. The van der Waals surface area contributed by atoms with Crippen molar-refractivity contribution in [3.8, 4) is 0 Å². The number of ether oxygens (including phenoxy) is 1. The number of esters is 1. The average Bonchev–Trinajstić information content (AvgIpc) is 2.10. The lowest BCUT2D eigenvalue weighted by Gasteiger charge is -2.21. The molecule has 0 aromatic rings. The Bertz CT molecular complexity index is 215. The summed E-state index contributed by atoms with van der Waals surface area (Å²) in [7, 11) is 1.31. The molecule has 6 nitrogen and oxygen atoms in total. The predicted octanol–water partition coefficient (Wildman–Crippen LogP) is -0.808. The Labute approximate surface area is 82.7 Å². The molecule has 0 aromatic heterocycles. The fraction of sp³-hybridized carbons (Fsp3) is 0.750. The first kappa shape index (κ1) is 12.9. The van der Waals surface area contributed by atoms with Crippen molar-refractivity contribution in [1.29, 1.82) is 0 Å². The van der Waals surface area contributed by atoms with E-state index >= 15 is 0 Å². The van der Waals surface area contributed by atoms with Gasteiger partial charge in [0.2, 0.25) is 5.91 Å². The number of rotatable bonds is 6. The number of carbonyl (C=O) groups is 2. The van der Waals surface area contributed by atoms with Gasteiger partial charge in [-0.15, -0.1) is 0 Å². The van der Waals surface area contributed by atoms with E-state index in [1.54, 1.807) is 13.8 Å². The quantitative estimate of drug-likeness (QED) is 0.335. The summed E-state index contributed by atoms with van der Waals surface area (Å²) in [5, 5.41) is 0. The summed E-state index contributed by atoms with van der Waals surface area (Å²) in [5.74, 6) is -0.930. The van der Waals surface area contributed by atoms with Crippen LogP contribution in [-0.2, 0) is 19.2 Å². The molecule has 0 saturated heterocycles. The summed E-state index contributed by atoms with van der Waals surface area (Å²) in [6.45, 7) is 3.41. The van der Waals surface area contributed by atoms with E-state index in [1.165, 1.54) is 7.11 Å². The molecule has 82 valence electrons. The largest absolute Gasteiger partial charge is 0.469 e. The highest BCUT2D eigenvalue weighted by Gasteiger charge is 2.28. The third kappa shape index (κ3) is 4.78. The van der Waals surface area contributed by atoms with E-state index in [1.807, 2.05) is 0 Å². The number of primary amides is 1. The van der Waals surface area contributed by atoms with Crippen molar-refractivity contribution in [2.45, 2.75) is 13.8 Å². The molecule has 0 aromatic carbocycles. The van der Waals surface area contributed by atoms with Gasteiger partial charge in [0.25, 0.3) is 0 Å². The van der Waals surface area contributed by atoms with Gasteiger partial charge in [-0.1, -0.05) is 0 Å². The van der Waals surface area contributed by atoms with Crippen molar-refractivity contribution in [1.82, 2.24) is 5.48 Å². The Balaban J connectivity index is 3.76. The fourth-order valence-electron chi connectivity index (χ4n) is 0.702. The maximum atomic E-state index is 11.2. The monoisotopic (exact) mass is 204 g/mol. The summed E-state index contributed by atoms with van der Waals surface area (Å²) < 4.78 is 4.57. The normalized spacial score (nSPS) is 11.1. The van der Waals surface area contributed by atoms with E-state index in [0.717, 1.165) is 0 Å². The first-order chi connectivity index (χ1) is 6.40. The zero-order valence-electron chi connectivity index (χ0n) is 8.62. The summed E-state index contributed by atoms with van der Waals surface area (Å²) in [4.78, 5) is 26.1. The number of nitrogens with two attached hydrogens (primary N) is 1. The van der Waals surface area contributed by atoms with Gasteiger partial charge in [0.15, 0.2) is 0 Å². The zero-order valence-corrected chi connectivity index (χ0v) is 8.62. The molecular formula is C8H16N2O4. The van der Waals surface area contributed by atoms with Crippen LogP contribution in [0.1, 0.15) is 13.8 Å². The van der Waals surface area contributed by atoms with E-state index in [-0.39, 0.29) is 19.1 Å². The molecule has 1 amide bonds. The molecule has 0 heterocycles. The van der Waals surface area contributed by atoms with Gasteiger partial charge >= 0.3 is 5.97 Å². The highest BCUT2D eigenvalue weighted by atomic mass is 16.6. The molecule has 0 spiro atoms. The van der Waals surface area contributed by atoms with Gasteiger partial charge < -0.3 is 10.5 Å². The molecule has 0 aliphatic carbocycles. The van der Waals surface area contributed by atoms with E-state index < -0.39 is 11.3 Å². The van der Waals surface area contributed by atoms with Crippen molar-refractivity contribution < 1.29 is 19.2 Å². The number of hydrogen-bond acceptors (Lipinski definition) is 5. The maximum absolute atomic E-state index is 11.2. The van der Waals surface area contributed by atoms with Crippen LogP contribution in [0.2, 0.25) is 0 Å². The number of amides is 1. The second-order valence-electron chi connectivity index (χ2n) is 3.45. The van der Waals surface area contributed by atoms with Gasteiger partial charge in [0, 0.05) is 6.54 Å². The Kier molecular flexibility index (Phi) is 5.11. The molecule has 0 atom stereocenters. The molecule has 0 aliphatic heterocycles. The van der Waals surface area contributed by atoms with Crippen molar-refractivity contribution in [3.63, 3.8) is 0 Å². The molecule has 0 radical (unpaired) electrons. The summed E-state index contributed by atoms with van der Waals surface area (Å²) in [6, 6.07) is 0. The van der Waals surface area contributed by atoms with Crippen LogP contribution in [0.5, 0.6) is 0 Å². The number of hydroxylamine groups is 1. The predicted molar refractivity (Wildman–Crippen MR) is 48.9 cm³/mol. The van der Waals surface area contributed by atoms with Crippen LogP contribution >= 0.6 is 0 Å². The molecular weight excluding hydrogens is 188 g/mol. The molecule has 0 aliphatic rings. The smallest absolute Gasteiger partial charge is 0.312 e. The molecule has 0 unspecified atom stereocenters. The van der Waals surface area contributed by atoms with Crippen molar-refractivity contribution in [3.05, 3.63) is 0 Å². The molecule has 0 fully saturated rings. The number of carbonyl (C=O) groups excluding carboxylic acids is 2. The second kappa shape index (κ2) is 5.56. The molecule has 6 heteroatoms. The van der Waals surface area contributed by atoms with Gasteiger partial charge in [0.1, 0.15) is 6.61 Å². The van der Waals surface area contributed by atoms with Gasteiger partial charge in [0.05, 0.1) is 12.5 Å². The lowest BCUT2D eigenvalue weighted by Crippen LogP contribution is -2.38. The third-order valence-electron chi connectivity index (χ3n) is 1.57. The first-order valence-electron chi connectivity index (χ1n) is 4.11. The Hall–Kier alpha value is -1.14. The fourth-order valence-corrected chi connectivity index (χ4v) is 0.702. The van der Waals surface area contributed by atoms with Crippen molar-refractivity contribution >= 4 is 11.9 Å². The molecule has 0 rings (SSSR count). The molecule has 14 heavy (non-hydrogen) atoms. The van der Waals surface area contributed by atoms with E-state index in [0.29, 0.717) is 0 Å². The van der Waals surface area contributed by atoms with E-state index in [2.05, 4.69) is 10.2 Å². The van der Waals surface area contributed by atoms with Crippen molar-refractivity contribution in [2.75, 3.05) is 20.3 Å². The standard InChI is InChI=1S/C8H16N2O4/c1-8(2,7(12)13-3)5-10-14-4-6(9)11/h10H,4-5H2,1-3H3,(H2,9,11). The molecule has 3 N–H and O–H groups in total. The topological polar surface area (TPSA) is 90.7 Å². The van der Waals surface area contributed by atoms with Crippen LogP contribution in [0.25, 0.3) is 0 Å². The average molecular weight is 204 g/mol. The maximum Gasteiger partial charge on any atom is 0.312 e. The zero-order chi connectivity index (χ0) is 11.2. The van der Waals surface area contributed by atoms with E-state index in [9.17, 15) is 9.59 Å². The van der Waals surface area contributed by atoms with E-state index in [4.69, 9.17) is 10.6 Å². The van der Waals surface area contributed by atoms with Gasteiger partial charge in [-0.25, -0.2) is 5.48 Å². The van der Waals surface area contributed by atoms with Crippen LogP contribution in [0, 0.1) is 5.41 Å². The highest BCUT2D eigenvalue weighted by molar-refractivity contribution is 5.76. The van der Waals surface area contributed by atoms with Crippen LogP contribution in [-0.4, -0.2) is 32.1 Å². The SMILES string of the molecule is COC(=O)C(C)(C)CNOCC(N)=O. The third-order valence-corrected chi connectivity index (χ3v) is 1.57. The van der Waals surface area contributed by atoms with Crippen LogP contribution < -0.4 is 11.2 Å². The molecule has 0 saturated carbocycles. The Morgan fingerprint density at radius 3 is 2.43 bits per heavy atom. The van der Waals surface area contributed by atoms with Crippen molar-refractivity contribution in [2.24, 2.45) is 11.1 Å². The minimum atomic E-state index is -0.702. The Morgan fingerprint density at radius 2 is 2.00 bits per heavy atom. The van der Waals surface area contributed by atoms with Crippen LogP contribution in [0.3, 0.4) is 0 Å². The highest BCUT2D eigenvalue weighted by Crippen LogP contribution is 2.14. The number of methoxy groups -OCH3 is 1. The number of nitrogens with one attached hydrogen (secondary N) is 1. The number of hydrogen-bond donors (Lipinski definition) is 2. The Morgan fingerprint density at radius 1 is 1.43 bits per heavy atom. The minimum absolute atomic E-state index is 0.225. The second-order valence-corrected chi connectivity index (χ2v) is 3.45. The molecule has 0 bridgehead atoms. The van der Waals surface area contributed by atoms with Crippen LogP contribution in [0.4, 0.5) is 0 Å². The van der Waals surface area contributed by atoms with Gasteiger partial charge in [-0.2, -0.15) is 0 Å². The summed E-state index contributed by atoms with van der Waals surface area (Å²) in [5.41, 5.74) is 6.60. The summed E-state index contributed by atoms with van der Waals surface area (Å²) in [6.07, 6.45) is 0. The van der Waals surface area contributed by atoms with Gasteiger partial charge in [-0.05, 0) is 13.8 Å². The lowest BCUT2D eigenvalue weighted by molar-refractivity contribution is -0.152. The van der Waals surface area contributed by atoms with Gasteiger partial charge in [-0.3, -0.25) is 14.4 Å². The summed E-state index contributed by atoms with van der Waals surface area (Å²) >= 11 is 0. The van der Waals surface area contributed by atoms with Crippen LogP contribution in [0.15, 0.2) is 0 Å².